The largest absolute Gasteiger partial charge is 0.493 e. The van der Waals surface area contributed by atoms with E-state index in [1.165, 1.54) is 11.1 Å². The van der Waals surface area contributed by atoms with Crippen molar-refractivity contribution in [3.63, 3.8) is 0 Å². The summed E-state index contributed by atoms with van der Waals surface area (Å²) in [5.41, 5.74) is 5.63. The van der Waals surface area contributed by atoms with Crippen LogP contribution in [0.25, 0.3) is 0 Å². The van der Waals surface area contributed by atoms with Crippen LogP contribution in [-0.2, 0) is 17.6 Å². The van der Waals surface area contributed by atoms with Crippen LogP contribution in [-0.4, -0.2) is 31.6 Å². The minimum absolute atomic E-state index is 0.133. The fourth-order valence-corrected chi connectivity index (χ4v) is 4.19. The molecule has 0 radical (unpaired) electrons. The van der Waals surface area contributed by atoms with Crippen molar-refractivity contribution < 1.29 is 14.3 Å². The molecule has 1 aliphatic heterocycles. The van der Waals surface area contributed by atoms with E-state index in [0.717, 1.165) is 28.9 Å². The number of ether oxygens (including phenoxy) is 2. The van der Waals surface area contributed by atoms with Gasteiger partial charge in [0.05, 0.1) is 26.7 Å². The summed E-state index contributed by atoms with van der Waals surface area (Å²) in [5, 5.41) is 0. The average molecular weight is 402 g/mol. The second-order valence-electron chi connectivity index (χ2n) is 7.72. The topological polar surface area (TPSA) is 38.8 Å². The number of nitrogens with zero attached hydrogens (tertiary/aromatic N) is 1. The average Bonchev–Trinajstić information content (AvgIpc) is 2.79. The van der Waals surface area contributed by atoms with E-state index < -0.39 is 0 Å². The number of benzene rings is 3. The van der Waals surface area contributed by atoms with Gasteiger partial charge in [0.1, 0.15) is 0 Å². The molecule has 0 saturated heterocycles. The van der Waals surface area contributed by atoms with E-state index in [1.807, 2.05) is 47.4 Å². The molecule has 1 amide bonds. The van der Waals surface area contributed by atoms with Crippen molar-refractivity contribution in [2.75, 3.05) is 20.8 Å². The first-order chi connectivity index (χ1) is 14.6. The Morgan fingerprint density at radius 2 is 1.63 bits per heavy atom. The molecule has 3 aromatic carbocycles. The Morgan fingerprint density at radius 3 is 2.30 bits per heavy atom. The van der Waals surface area contributed by atoms with E-state index in [-0.39, 0.29) is 11.9 Å². The molecule has 0 spiro atoms. The molecule has 3 aromatic rings. The molecule has 4 heteroatoms. The predicted octanol–water partition coefficient (Wildman–Crippen LogP) is 4.73. The lowest BCUT2D eigenvalue weighted by Crippen LogP contribution is -2.41. The van der Waals surface area contributed by atoms with Crippen LogP contribution in [0.5, 0.6) is 11.5 Å². The molecule has 0 aromatic heterocycles. The van der Waals surface area contributed by atoms with Gasteiger partial charge in [0.25, 0.3) is 0 Å². The molecular formula is C26H27NO3. The van der Waals surface area contributed by atoms with Crippen molar-refractivity contribution in [1.82, 2.24) is 4.90 Å². The van der Waals surface area contributed by atoms with Gasteiger partial charge < -0.3 is 14.4 Å². The summed E-state index contributed by atoms with van der Waals surface area (Å²) in [6.45, 7) is 2.73. The van der Waals surface area contributed by atoms with Crippen molar-refractivity contribution in [1.29, 1.82) is 0 Å². The molecule has 4 nitrogen and oxygen atoms in total. The lowest BCUT2D eigenvalue weighted by atomic mass is 9.87. The predicted molar refractivity (Wildman–Crippen MR) is 118 cm³/mol. The third kappa shape index (κ3) is 3.90. The summed E-state index contributed by atoms with van der Waals surface area (Å²) in [6.07, 6.45) is 1.19. The molecule has 1 aliphatic rings. The van der Waals surface area contributed by atoms with Crippen LogP contribution in [0.1, 0.15) is 33.9 Å². The van der Waals surface area contributed by atoms with Gasteiger partial charge in [0.2, 0.25) is 5.91 Å². The summed E-state index contributed by atoms with van der Waals surface area (Å²) in [5.74, 6) is 1.54. The van der Waals surface area contributed by atoms with Crippen molar-refractivity contribution in [2.24, 2.45) is 0 Å². The highest BCUT2D eigenvalue weighted by atomic mass is 16.5. The summed E-state index contributed by atoms with van der Waals surface area (Å²) in [4.78, 5) is 15.4. The van der Waals surface area contributed by atoms with Crippen molar-refractivity contribution in [3.05, 3.63) is 94.5 Å². The number of methoxy groups -OCH3 is 2. The highest BCUT2D eigenvalue weighted by Crippen LogP contribution is 2.41. The zero-order valence-electron chi connectivity index (χ0n) is 17.7. The fraction of sp³-hybridized carbons (Fsp3) is 0.269. The Balaban J connectivity index is 1.74. The number of fused-ring (bicyclic) bond motifs is 1. The zero-order chi connectivity index (χ0) is 21.1. The molecule has 0 aliphatic carbocycles. The summed E-state index contributed by atoms with van der Waals surface area (Å²) >= 11 is 0. The second kappa shape index (κ2) is 8.62. The van der Waals surface area contributed by atoms with Gasteiger partial charge >= 0.3 is 0 Å². The van der Waals surface area contributed by atoms with E-state index in [9.17, 15) is 4.79 Å². The second-order valence-corrected chi connectivity index (χ2v) is 7.72. The van der Waals surface area contributed by atoms with Crippen molar-refractivity contribution in [2.45, 2.75) is 25.8 Å². The Kier molecular flexibility index (Phi) is 5.75. The Morgan fingerprint density at radius 1 is 0.967 bits per heavy atom. The molecule has 1 heterocycles. The van der Waals surface area contributed by atoms with Gasteiger partial charge in [-0.25, -0.2) is 0 Å². The van der Waals surface area contributed by atoms with Crippen LogP contribution in [0.3, 0.4) is 0 Å². The van der Waals surface area contributed by atoms with Crippen molar-refractivity contribution >= 4 is 5.91 Å². The number of carbonyl (C=O) groups excluding carboxylic acids is 1. The molecule has 0 saturated carbocycles. The maximum atomic E-state index is 13.4. The SMILES string of the molecule is COc1cc2c(cc1OC)C(c1ccccc1)N(C(=O)Cc1ccc(C)cc1)CC2. The van der Waals surface area contributed by atoms with Crippen LogP contribution >= 0.6 is 0 Å². The first kappa shape index (κ1) is 20.0. The van der Waals surface area contributed by atoms with Gasteiger partial charge in [0, 0.05) is 6.54 Å². The number of aryl methyl sites for hydroxylation is 1. The van der Waals surface area contributed by atoms with Gasteiger partial charge in [-0.2, -0.15) is 0 Å². The fourth-order valence-electron chi connectivity index (χ4n) is 4.19. The smallest absolute Gasteiger partial charge is 0.227 e. The van der Waals surface area contributed by atoms with Crippen LogP contribution in [0.2, 0.25) is 0 Å². The monoisotopic (exact) mass is 401 g/mol. The molecule has 4 rings (SSSR count). The lowest BCUT2D eigenvalue weighted by Gasteiger charge is -2.38. The van der Waals surface area contributed by atoms with Crippen molar-refractivity contribution in [3.8, 4) is 11.5 Å². The van der Waals surface area contributed by atoms with Gasteiger partial charge in [-0.15, -0.1) is 0 Å². The van der Waals surface area contributed by atoms with E-state index in [0.29, 0.717) is 18.7 Å². The number of carbonyl (C=O) groups is 1. The Hall–Kier alpha value is -3.27. The standard InChI is InChI=1S/C26H27NO3/c1-18-9-11-19(12-10-18)15-25(28)27-14-13-21-16-23(29-2)24(30-3)17-22(21)26(27)20-7-5-4-6-8-20/h4-12,16-17,26H,13-15H2,1-3H3. The Bertz CT molecular complexity index is 1030. The van der Waals surface area contributed by atoms with Gasteiger partial charge in [-0.3, -0.25) is 4.79 Å². The molecule has 30 heavy (non-hydrogen) atoms. The third-order valence-corrected chi connectivity index (χ3v) is 5.79. The van der Waals surface area contributed by atoms with E-state index in [1.54, 1.807) is 14.2 Å². The molecule has 1 unspecified atom stereocenters. The van der Waals surface area contributed by atoms with Crippen LogP contribution < -0.4 is 9.47 Å². The quantitative estimate of drug-likeness (QED) is 0.620. The normalized spacial score (nSPS) is 15.4. The summed E-state index contributed by atoms with van der Waals surface area (Å²) in [7, 11) is 3.30. The molecule has 154 valence electrons. The highest BCUT2D eigenvalue weighted by Gasteiger charge is 2.33. The van der Waals surface area contributed by atoms with E-state index in [4.69, 9.17) is 9.47 Å². The number of rotatable bonds is 5. The number of hydrogen-bond acceptors (Lipinski definition) is 3. The lowest BCUT2D eigenvalue weighted by molar-refractivity contribution is -0.132. The molecule has 0 fully saturated rings. The third-order valence-electron chi connectivity index (χ3n) is 5.79. The van der Waals surface area contributed by atoms with E-state index in [2.05, 4.69) is 31.2 Å². The molecule has 1 atom stereocenters. The van der Waals surface area contributed by atoms with Crippen LogP contribution in [0.15, 0.2) is 66.7 Å². The van der Waals surface area contributed by atoms with Crippen LogP contribution in [0, 0.1) is 6.92 Å². The molecule has 0 bridgehead atoms. The minimum atomic E-state index is -0.146. The number of hydrogen-bond donors (Lipinski definition) is 0. The van der Waals surface area contributed by atoms with Gasteiger partial charge in [-0.05, 0) is 47.7 Å². The maximum absolute atomic E-state index is 13.4. The van der Waals surface area contributed by atoms with Gasteiger partial charge in [0.15, 0.2) is 11.5 Å². The van der Waals surface area contributed by atoms with E-state index >= 15 is 0 Å². The summed E-state index contributed by atoms with van der Waals surface area (Å²) < 4.78 is 11.1. The summed E-state index contributed by atoms with van der Waals surface area (Å²) in [6, 6.07) is 22.3. The zero-order valence-corrected chi connectivity index (χ0v) is 17.7. The first-order valence-electron chi connectivity index (χ1n) is 10.3. The Labute approximate surface area is 178 Å². The van der Waals surface area contributed by atoms with Gasteiger partial charge in [-0.1, -0.05) is 60.2 Å². The van der Waals surface area contributed by atoms with Crippen LogP contribution in [0.4, 0.5) is 0 Å². The maximum Gasteiger partial charge on any atom is 0.227 e. The number of amides is 1. The molecular weight excluding hydrogens is 374 g/mol. The first-order valence-corrected chi connectivity index (χ1v) is 10.3. The highest BCUT2D eigenvalue weighted by molar-refractivity contribution is 5.80. The minimum Gasteiger partial charge on any atom is -0.493 e. The molecule has 0 N–H and O–H groups in total.